The van der Waals surface area contributed by atoms with Crippen LogP contribution in [0.5, 0.6) is 11.5 Å². The molecule has 0 aliphatic carbocycles. The van der Waals surface area contributed by atoms with Crippen LogP contribution in [0.2, 0.25) is 0 Å². The van der Waals surface area contributed by atoms with Crippen molar-refractivity contribution < 1.29 is 14.3 Å². The molecule has 156 valence electrons. The lowest BCUT2D eigenvalue weighted by Crippen LogP contribution is -2.35. The second kappa shape index (κ2) is 10.3. The van der Waals surface area contributed by atoms with Crippen molar-refractivity contribution >= 4 is 5.91 Å². The van der Waals surface area contributed by atoms with Gasteiger partial charge in [-0.25, -0.2) is 0 Å². The second-order valence-electron chi connectivity index (χ2n) is 7.68. The molecule has 0 atom stereocenters. The van der Waals surface area contributed by atoms with E-state index in [1.165, 1.54) is 11.1 Å². The number of carbonyl (C=O) groups excluding carboxylic acids is 1. The monoisotopic (exact) mass is 396 g/mol. The van der Waals surface area contributed by atoms with E-state index in [4.69, 9.17) is 9.47 Å². The molecule has 5 heteroatoms. The molecule has 1 aliphatic rings. The molecule has 0 saturated carbocycles. The van der Waals surface area contributed by atoms with Gasteiger partial charge < -0.3 is 19.3 Å². The zero-order valence-corrected chi connectivity index (χ0v) is 17.8. The smallest absolute Gasteiger partial charge is 0.227 e. The topological polar surface area (TPSA) is 42.0 Å². The third-order valence-electron chi connectivity index (χ3n) is 5.64. The van der Waals surface area contributed by atoms with Gasteiger partial charge in [0.1, 0.15) is 0 Å². The molecular weight excluding hydrogens is 364 g/mol. The van der Waals surface area contributed by atoms with Crippen molar-refractivity contribution in [2.75, 3.05) is 47.4 Å². The average molecular weight is 397 g/mol. The molecule has 0 N–H and O–H groups in total. The first-order chi connectivity index (χ1) is 14.1. The predicted molar refractivity (Wildman–Crippen MR) is 116 cm³/mol. The molecule has 2 aromatic carbocycles. The van der Waals surface area contributed by atoms with Crippen molar-refractivity contribution in [1.82, 2.24) is 9.80 Å². The highest BCUT2D eigenvalue weighted by atomic mass is 16.5. The fraction of sp³-hybridized carbons (Fsp3) is 0.458. The van der Waals surface area contributed by atoms with E-state index in [9.17, 15) is 4.79 Å². The normalized spacial score (nSPS) is 13.9. The first kappa shape index (κ1) is 21.2. The van der Waals surface area contributed by atoms with Crippen molar-refractivity contribution in [1.29, 1.82) is 0 Å². The number of likely N-dealkylation sites (N-methyl/N-ethyl adjacent to an activating group) is 1. The van der Waals surface area contributed by atoms with Crippen LogP contribution in [0.1, 0.15) is 23.1 Å². The molecule has 5 nitrogen and oxygen atoms in total. The maximum atomic E-state index is 12.8. The van der Waals surface area contributed by atoms with Crippen molar-refractivity contribution in [2.24, 2.45) is 0 Å². The van der Waals surface area contributed by atoms with Gasteiger partial charge in [-0.1, -0.05) is 30.3 Å². The van der Waals surface area contributed by atoms with Gasteiger partial charge in [0.25, 0.3) is 0 Å². The SMILES string of the molecule is COc1cc2c(cc1OC)CC(=O)N(CCCN(C)CCc1ccccc1)CC2. The Bertz CT molecular complexity index is 807. The minimum Gasteiger partial charge on any atom is -0.493 e. The lowest BCUT2D eigenvalue weighted by molar-refractivity contribution is -0.130. The second-order valence-corrected chi connectivity index (χ2v) is 7.68. The molecule has 0 radical (unpaired) electrons. The Morgan fingerprint density at radius 3 is 2.38 bits per heavy atom. The van der Waals surface area contributed by atoms with E-state index >= 15 is 0 Å². The molecule has 1 amide bonds. The number of ether oxygens (including phenoxy) is 2. The van der Waals surface area contributed by atoms with E-state index in [0.29, 0.717) is 12.2 Å². The Labute approximate surface area is 174 Å². The molecule has 2 aromatic rings. The van der Waals surface area contributed by atoms with Crippen LogP contribution < -0.4 is 9.47 Å². The number of nitrogens with zero attached hydrogens (tertiary/aromatic N) is 2. The summed E-state index contributed by atoms with van der Waals surface area (Å²) in [7, 11) is 5.43. The molecule has 1 heterocycles. The van der Waals surface area contributed by atoms with Gasteiger partial charge in [0.15, 0.2) is 11.5 Å². The van der Waals surface area contributed by atoms with Crippen LogP contribution in [-0.4, -0.2) is 63.2 Å². The molecule has 0 fully saturated rings. The van der Waals surface area contributed by atoms with Gasteiger partial charge in [0.05, 0.1) is 20.6 Å². The Morgan fingerprint density at radius 2 is 1.69 bits per heavy atom. The maximum Gasteiger partial charge on any atom is 0.227 e. The van der Waals surface area contributed by atoms with Crippen molar-refractivity contribution in [3.63, 3.8) is 0 Å². The van der Waals surface area contributed by atoms with Gasteiger partial charge in [-0.15, -0.1) is 0 Å². The highest BCUT2D eigenvalue weighted by molar-refractivity contribution is 5.80. The van der Waals surface area contributed by atoms with Crippen molar-refractivity contribution in [2.45, 2.75) is 25.7 Å². The summed E-state index contributed by atoms with van der Waals surface area (Å²) in [5.41, 5.74) is 3.60. The van der Waals surface area contributed by atoms with Crippen LogP contribution in [0.25, 0.3) is 0 Å². The quantitative estimate of drug-likeness (QED) is 0.653. The number of carbonyl (C=O) groups is 1. The molecule has 29 heavy (non-hydrogen) atoms. The van der Waals surface area contributed by atoms with E-state index in [1.807, 2.05) is 17.0 Å². The Hall–Kier alpha value is -2.53. The number of fused-ring (bicyclic) bond motifs is 1. The number of hydrogen-bond acceptors (Lipinski definition) is 4. The van der Waals surface area contributed by atoms with E-state index in [1.54, 1.807) is 14.2 Å². The number of methoxy groups -OCH3 is 2. The van der Waals surface area contributed by atoms with Crippen LogP contribution in [0.15, 0.2) is 42.5 Å². The van der Waals surface area contributed by atoms with Crippen LogP contribution in [0.3, 0.4) is 0 Å². The summed E-state index contributed by atoms with van der Waals surface area (Å²) in [5.74, 6) is 1.61. The van der Waals surface area contributed by atoms with Gasteiger partial charge in [-0.05, 0) is 61.7 Å². The number of hydrogen-bond donors (Lipinski definition) is 0. The van der Waals surface area contributed by atoms with Gasteiger partial charge in [0.2, 0.25) is 5.91 Å². The third kappa shape index (κ3) is 5.73. The van der Waals surface area contributed by atoms with Gasteiger partial charge in [-0.3, -0.25) is 4.79 Å². The zero-order valence-electron chi connectivity index (χ0n) is 17.8. The lowest BCUT2D eigenvalue weighted by Gasteiger charge is -2.22. The molecule has 3 rings (SSSR count). The fourth-order valence-corrected chi connectivity index (χ4v) is 3.86. The van der Waals surface area contributed by atoms with Gasteiger partial charge in [-0.2, -0.15) is 0 Å². The predicted octanol–water partition coefficient (Wildman–Crippen LogP) is 3.20. The molecule has 0 saturated heterocycles. The first-order valence-electron chi connectivity index (χ1n) is 10.3. The average Bonchev–Trinajstić information content (AvgIpc) is 2.90. The highest BCUT2D eigenvalue weighted by Crippen LogP contribution is 2.32. The van der Waals surface area contributed by atoms with Crippen LogP contribution >= 0.6 is 0 Å². The summed E-state index contributed by atoms with van der Waals surface area (Å²) in [6.07, 6.45) is 3.32. The first-order valence-corrected chi connectivity index (χ1v) is 10.3. The molecular formula is C24H32N2O3. The van der Waals surface area contributed by atoms with Crippen molar-refractivity contribution in [3.05, 3.63) is 59.2 Å². The number of benzene rings is 2. The van der Waals surface area contributed by atoms with Crippen LogP contribution in [0.4, 0.5) is 0 Å². The van der Waals surface area contributed by atoms with E-state index in [-0.39, 0.29) is 5.91 Å². The summed E-state index contributed by atoms with van der Waals surface area (Å²) in [6, 6.07) is 14.5. The van der Waals surface area contributed by atoms with E-state index in [0.717, 1.165) is 56.8 Å². The molecule has 1 aliphatic heterocycles. The van der Waals surface area contributed by atoms with E-state index < -0.39 is 0 Å². The lowest BCUT2D eigenvalue weighted by atomic mass is 10.0. The van der Waals surface area contributed by atoms with Gasteiger partial charge in [0, 0.05) is 19.6 Å². The van der Waals surface area contributed by atoms with Crippen LogP contribution in [0, 0.1) is 0 Å². The zero-order chi connectivity index (χ0) is 20.6. The highest BCUT2D eigenvalue weighted by Gasteiger charge is 2.22. The van der Waals surface area contributed by atoms with Crippen LogP contribution in [-0.2, 0) is 24.1 Å². The molecule has 0 bridgehead atoms. The summed E-state index contributed by atoms with van der Waals surface area (Å²) < 4.78 is 10.8. The maximum absolute atomic E-state index is 12.8. The minimum atomic E-state index is 0.197. The third-order valence-corrected chi connectivity index (χ3v) is 5.64. The largest absolute Gasteiger partial charge is 0.493 e. The summed E-state index contributed by atoms with van der Waals surface area (Å²) in [6.45, 7) is 3.58. The standard InChI is InChI=1S/C24H32N2O3/c1-25(14-10-19-8-5-4-6-9-19)12-7-13-26-15-11-20-16-22(28-2)23(29-3)17-21(20)18-24(26)27/h4-6,8-9,16-17H,7,10-15,18H2,1-3H3. The number of amides is 1. The summed E-state index contributed by atoms with van der Waals surface area (Å²) in [5, 5.41) is 0. The van der Waals surface area contributed by atoms with Crippen molar-refractivity contribution in [3.8, 4) is 11.5 Å². The van der Waals surface area contributed by atoms with Gasteiger partial charge >= 0.3 is 0 Å². The number of rotatable bonds is 9. The Kier molecular flexibility index (Phi) is 7.53. The summed E-state index contributed by atoms with van der Waals surface area (Å²) >= 11 is 0. The molecule has 0 aromatic heterocycles. The molecule has 0 unspecified atom stereocenters. The molecule has 0 spiro atoms. The van der Waals surface area contributed by atoms with E-state index in [2.05, 4.69) is 42.3 Å². The Morgan fingerprint density at radius 1 is 1.00 bits per heavy atom. The minimum absolute atomic E-state index is 0.197. The fourth-order valence-electron chi connectivity index (χ4n) is 3.86. The Balaban J connectivity index is 1.49. The summed E-state index contributed by atoms with van der Waals surface area (Å²) in [4.78, 5) is 17.1.